The maximum absolute atomic E-state index is 13.0. The van der Waals surface area contributed by atoms with Crippen LogP contribution in [0.15, 0.2) is 23.5 Å². The van der Waals surface area contributed by atoms with Crippen LogP contribution in [0.5, 0.6) is 0 Å². The third-order valence-electron chi connectivity index (χ3n) is 4.43. The van der Waals surface area contributed by atoms with E-state index in [0.29, 0.717) is 6.42 Å². The number of pyridine rings is 1. The molecule has 1 aromatic rings. The van der Waals surface area contributed by atoms with Crippen molar-refractivity contribution in [2.45, 2.75) is 39.4 Å². The van der Waals surface area contributed by atoms with Crippen LogP contribution in [0.2, 0.25) is 0 Å². The highest BCUT2D eigenvalue weighted by molar-refractivity contribution is 6.27. The molecule has 0 saturated carbocycles. The van der Waals surface area contributed by atoms with Crippen molar-refractivity contribution in [3.05, 3.63) is 40.4 Å². The minimum atomic E-state index is -2.85. The number of alkyl halides is 2. The Balaban J connectivity index is 2.63. The maximum atomic E-state index is 13.0. The zero-order valence-corrected chi connectivity index (χ0v) is 15.0. The summed E-state index contributed by atoms with van der Waals surface area (Å²) >= 11 is 0. The Labute approximate surface area is 149 Å². The van der Waals surface area contributed by atoms with Gasteiger partial charge in [0.15, 0.2) is 5.78 Å². The molecule has 142 valence electrons. The van der Waals surface area contributed by atoms with E-state index in [4.69, 9.17) is 9.47 Å². The van der Waals surface area contributed by atoms with Crippen LogP contribution in [-0.2, 0) is 14.3 Å². The molecule has 8 heteroatoms. The van der Waals surface area contributed by atoms with E-state index in [1.54, 1.807) is 13.8 Å². The summed E-state index contributed by atoms with van der Waals surface area (Å²) in [6, 6.07) is 2.15. The number of rotatable bonds is 6. The number of hydrogen-bond acceptors (Lipinski definition) is 6. The van der Waals surface area contributed by atoms with Gasteiger partial charge < -0.3 is 14.6 Å². The Morgan fingerprint density at radius 1 is 1.27 bits per heavy atom. The van der Waals surface area contributed by atoms with Gasteiger partial charge in [-0.05, 0) is 18.6 Å². The zero-order valence-electron chi connectivity index (χ0n) is 15.0. The molecule has 0 amide bonds. The molecule has 0 bridgehead atoms. The van der Waals surface area contributed by atoms with Crippen LogP contribution in [0.4, 0.5) is 8.78 Å². The van der Waals surface area contributed by atoms with Gasteiger partial charge in [0.05, 0.1) is 0 Å². The number of allylic oxidation sites excluding steroid dienone is 2. The van der Waals surface area contributed by atoms with Crippen LogP contribution >= 0.6 is 0 Å². The number of aliphatic hydroxyl groups excluding tert-OH is 1. The van der Waals surface area contributed by atoms with Crippen molar-refractivity contribution < 1.29 is 33.0 Å². The highest BCUT2D eigenvalue weighted by Gasteiger charge is 2.39. The largest absolute Gasteiger partial charge is 0.511 e. The van der Waals surface area contributed by atoms with Crippen molar-refractivity contribution in [1.29, 1.82) is 0 Å². The molecule has 1 aliphatic rings. The van der Waals surface area contributed by atoms with Crippen molar-refractivity contribution >= 4 is 11.6 Å². The van der Waals surface area contributed by atoms with E-state index in [-0.39, 0.29) is 29.0 Å². The van der Waals surface area contributed by atoms with E-state index in [1.807, 2.05) is 0 Å². The van der Waals surface area contributed by atoms with Gasteiger partial charge in [-0.3, -0.25) is 9.59 Å². The van der Waals surface area contributed by atoms with E-state index in [9.17, 15) is 23.5 Å². The Morgan fingerprint density at radius 3 is 2.42 bits per heavy atom. The molecule has 26 heavy (non-hydrogen) atoms. The van der Waals surface area contributed by atoms with Crippen LogP contribution in [0.25, 0.3) is 0 Å². The first-order chi connectivity index (χ1) is 12.1. The smallest absolute Gasteiger partial charge is 0.280 e. The van der Waals surface area contributed by atoms with Crippen molar-refractivity contribution in [1.82, 2.24) is 4.98 Å². The molecule has 2 rings (SSSR count). The summed E-state index contributed by atoms with van der Waals surface area (Å²) in [6.07, 6.45) is -3.52. The van der Waals surface area contributed by atoms with E-state index in [2.05, 4.69) is 4.98 Å². The molecule has 6 nitrogen and oxygen atoms in total. The number of methoxy groups -OCH3 is 2. The third kappa shape index (κ3) is 3.66. The fraction of sp³-hybridized carbons (Fsp3) is 0.500. The molecule has 0 saturated heterocycles. The molecule has 0 spiro atoms. The van der Waals surface area contributed by atoms with E-state index in [0.717, 1.165) is 12.1 Å². The van der Waals surface area contributed by atoms with Gasteiger partial charge in [0.25, 0.3) is 6.43 Å². The molecule has 0 unspecified atom stereocenters. The van der Waals surface area contributed by atoms with Crippen molar-refractivity contribution in [2.24, 2.45) is 5.41 Å². The average molecular weight is 369 g/mol. The zero-order chi connectivity index (χ0) is 19.6. The molecule has 1 aliphatic carbocycles. The van der Waals surface area contributed by atoms with Gasteiger partial charge in [-0.15, -0.1) is 0 Å². The molecule has 1 N–H and O–H groups in total. The van der Waals surface area contributed by atoms with Gasteiger partial charge in [0.2, 0.25) is 12.1 Å². The summed E-state index contributed by atoms with van der Waals surface area (Å²) < 4.78 is 36.1. The summed E-state index contributed by atoms with van der Waals surface area (Å²) in [5.41, 5.74) is -1.94. The number of ketones is 2. The molecular weight excluding hydrogens is 348 g/mol. The quantitative estimate of drug-likeness (QED) is 0.468. The van der Waals surface area contributed by atoms with Gasteiger partial charge in [-0.1, -0.05) is 13.8 Å². The predicted molar refractivity (Wildman–Crippen MR) is 88.0 cm³/mol. The fourth-order valence-corrected chi connectivity index (χ4v) is 2.81. The number of ether oxygens (including phenoxy) is 2. The first-order valence-electron chi connectivity index (χ1n) is 8.00. The lowest BCUT2D eigenvalue weighted by molar-refractivity contribution is -0.117. The Morgan fingerprint density at radius 2 is 1.88 bits per heavy atom. The second-order valence-corrected chi connectivity index (χ2v) is 6.63. The first-order valence-corrected chi connectivity index (χ1v) is 8.00. The monoisotopic (exact) mass is 369 g/mol. The highest BCUT2D eigenvalue weighted by atomic mass is 19.3. The summed E-state index contributed by atoms with van der Waals surface area (Å²) in [5, 5.41) is 10.4. The lowest BCUT2D eigenvalue weighted by Gasteiger charge is -2.30. The highest BCUT2D eigenvalue weighted by Crippen LogP contribution is 2.38. The third-order valence-corrected chi connectivity index (χ3v) is 4.43. The number of carbonyl (C=O) groups excluding carboxylic acids is 2. The van der Waals surface area contributed by atoms with Crippen molar-refractivity contribution in [2.75, 3.05) is 14.2 Å². The number of carbonyl (C=O) groups is 2. The Bertz CT molecular complexity index is 754. The van der Waals surface area contributed by atoms with Crippen LogP contribution in [0, 0.1) is 5.41 Å². The maximum Gasteiger partial charge on any atom is 0.280 e. The van der Waals surface area contributed by atoms with E-state index >= 15 is 0 Å². The molecule has 1 heterocycles. The average Bonchev–Trinajstić information content (AvgIpc) is 2.60. The van der Waals surface area contributed by atoms with E-state index in [1.165, 1.54) is 14.2 Å². The van der Waals surface area contributed by atoms with Crippen molar-refractivity contribution in [3.8, 4) is 0 Å². The topological polar surface area (TPSA) is 85.7 Å². The lowest BCUT2D eigenvalue weighted by atomic mass is 9.75. The summed E-state index contributed by atoms with van der Waals surface area (Å²) in [6.45, 7) is 3.43. The first kappa shape index (κ1) is 20.1. The van der Waals surface area contributed by atoms with Gasteiger partial charge in [0.1, 0.15) is 22.7 Å². The second kappa shape index (κ2) is 7.59. The minimum Gasteiger partial charge on any atom is -0.511 e. The van der Waals surface area contributed by atoms with Gasteiger partial charge in [0, 0.05) is 31.6 Å². The lowest BCUT2D eigenvalue weighted by Crippen LogP contribution is -2.30. The number of hydrogen-bond donors (Lipinski definition) is 1. The molecule has 0 radical (unpaired) electrons. The number of aliphatic hydroxyl groups is 1. The SMILES string of the molecule is COC(OC)c1nc(C(F)F)ccc1C(=O)C1=C(O)C(C)(C)CCC1=O. The Hall–Kier alpha value is -2.19. The van der Waals surface area contributed by atoms with Crippen LogP contribution < -0.4 is 0 Å². The summed E-state index contributed by atoms with van der Waals surface area (Å²) in [7, 11) is 2.54. The number of aromatic nitrogens is 1. The van der Waals surface area contributed by atoms with Crippen molar-refractivity contribution in [3.63, 3.8) is 0 Å². The minimum absolute atomic E-state index is 0.105. The second-order valence-electron chi connectivity index (χ2n) is 6.63. The van der Waals surface area contributed by atoms with Crippen LogP contribution in [0.3, 0.4) is 0 Å². The van der Waals surface area contributed by atoms with Gasteiger partial charge in [-0.2, -0.15) is 0 Å². The number of halogens is 2. The normalized spacial score (nSPS) is 17.3. The summed E-state index contributed by atoms with van der Waals surface area (Å²) in [5.74, 6) is -1.60. The van der Waals surface area contributed by atoms with Gasteiger partial charge >= 0.3 is 0 Å². The van der Waals surface area contributed by atoms with Crippen LogP contribution in [0.1, 0.15) is 61.2 Å². The molecular formula is C18H21F2NO5. The fourth-order valence-electron chi connectivity index (χ4n) is 2.81. The molecule has 0 fully saturated rings. The van der Waals surface area contributed by atoms with E-state index < -0.39 is 35.4 Å². The van der Waals surface area contributed by atoms with Crippen LogP contribution in [-0.4, -0.2) is 35.9 Å². The predicted octanol–water partition coefficient (Wildman–Crippen LogP) is 3.69. The molecule has 1 aromatic heterocycles. The number of nitrogens with zero attached hydrogens (tertiary/aromatic N) is 1. The standard InChI is InChI=1S/C18H21F2NO5/c1-18(2)8-7-11(22)12(15(18)24)14(23)9-5-6-10(16(19)20)21-13(9)17(25-3)26-4/h5-6,16-17,24H,7-8H2,1-4H3. The Kier molecular flexibility index (Phi) is 5.87. The summed E-state index contributed by atoms with van der Waals surface area (Å²) in [4.78, 5) is 29.0. The molecule has 0 atom stereocenters. The number of Topliss-reactive ketones (excluding diaryl/α,β-unsaturated/α-hetero) is 2. The molecule has 0 aromatic carbocycles. The molecule has 0 aliphatic heterocycles. The van der Waals surface area contributed by atoms with Gasteiger partial charge in [-0.25, -0.2) is 13.8 Å².